The minimum atomic E-state index is -0.950. The molecule has 2 heterocycles. The normalized spacial score (nSPS) is 19.1. The molecule has 0 aromatic heterocycles. The van der Waals surface area contributed by atoms with Crippen molar-refractivity contribution >= 4 is 17.9 Å². The maximum atomic E-state index is 12.9. The van der Waals surface area contributed by atoms with Crippen molar-refractivity contribution in [2.24, 2.45) is 0 Å². The van der Waals surface area contributed by atoms with E-state index in [0.717, 1.165) is 56.8 Å². The summed E-state index contributed by atoms with van der Waals surface area (Å²) in [5.41, 5.74) is 5.94. The number of hydroxylamine groups is 1. The van der Waals surface area contributed by atoms with Crippen LogP contribution in [0.15, 0.2) is 54.6 Å². The summed E-state index contributed by atoms with van der Waals surface area (Å²) in [5, 5.41) is 2.74. The zero-order valence-electron chi connectivity index (χ0n) is 23.8. The Kier molecular flexibility index (Phi) is 11.9. The van der Waals surface area contributed by atoms with Crippen LogP contribution >= 0.6 is 0 Å². The Morgan fingerprint density at radius 3 is 2.51 bits per heavy atom. The molecule has 2 saturated heterocycles. The number of rotatable bonds is 10. The van der Waals surface area contributed by atoms with Gasteiger partial charge in [0.05, 0.1) is 19.3 Å². The van der Waals surface area contributed by atoms with E-state index in [1.165, 1.54) is 12.7 Å². The molecule has 2 amide bonds. The third kappa shape index (κ3) is 9.81. The van der Waals surface area contributed by atoms with Crippen molar-refractivity contribution in [3.8, 4) is 11.8 Å². The van der Waals surface area contributed by atoms with Gasteiger partial charge in [0.1, 0.15) is 6.04 Å². The van der Waals surface area contributed by atoms with Gasteiger partial charge in [-0.25, -0.2) is 10.3 Å². The molecule has 4 rings (SSSR count). The summed E-state index contributed by atoms with van der Waals surface area (Å²) in [4.78, 5) is 33.4. The summed E-state index contributed by atoms with van der Waals surface area (Å²) in [6, 6.07) is 14.4. The van der Waals surface area contributed by atoms with E-state index >= 15 is 0 Å². The Bertz CT molecular complexity index is 1210. The van der Waals surface area contributed by atoms with E-state index in [9.17, 15) is 9.59 Å². The molecule has 2 aliphatic heterocycles. The molecule has 0 radical (unpaired) electrons. The lowest BCUT2D eigenvalue weighted by atomic mass is 10.1. The van der Waals surface area contributed by atoms with Crippen LogP contribution in [0.2, 0.25) is 0 Å². The number of benzene rings is 2. The van der Waals surface area contributed by atoms with E-state index in [-0.39, 0.29) is 0 Å². The molecule has 3 atom stereocenters. The highest BCUT2D eigenvalue weighted by molar-refractivity contribution is 5.97. The largest absolute Gasteiger partial charge is 0.379 e. The van der Waals surface area contributed by atoms with Gasteiger partial charge in [0.2, 0.25) is 0 Å². The van der Waals surface area contributed by atoms with Crippen LogP contribution in [-0.4, -0.2) is 75.2 Å². The van der Waals surface area contributed by atoms with Crippen molar-refractivity contribution in [1.29, 1.82) is 0 Å². The summed E-state index contributed by atoms with van der Waals surface area (Å²) in [5.74, 6) is 5.21. The fraction of sp³-hybridized carbons (Fsp3) is 0.438. The van der Waals surface area contributed by atoms with Crippen molar-refractivity contribution in [2.45, 2.75) is 51.2 Å². The molecule has 2 aromatic rings. The van der Waals surface area contributed by atoms with Crippen molar-refractivity contribution in [2.75, 3.05) is 40.0 Å². The van der Waals surface area contributed by atoms with Crippen LogP contribution in [0.3, 0.4) is 0 Å². The Morgan fingerprint density at radius 1 is 1.07 bits per heavy atom. The van der Waals surface area contributed by atoms with Crippen LogP contribution in [0.25, 0.3) is 6.08 Å². The second-order valence-corrected chi connectivity index (χ2v) is 10.1. The molecule has 1 unspecified atom stereocenters. The van der Waals surface area contributed by atoms with E-state index in [1.54, 1.807) is 31.2 Å². The van der Waals surface area contributed by atoms with Gasteiger partial charge < -0.3 is 19.5 Å². The minimum Gasteiger partial charge on any atom is -0.379 e. The first-order valence-corrected chi connectivity index (χ1v) is 14.1. The number of amides is 2. The van der Waals surface area contributed by atoms with Gasteiger partial charge >= 0.3 is 0 Å². The number of carbonyl (C=O) groups is 2. The highest BCUT2D eigenvalue weighted by atomic mass is 16.8. The van der Waals surface area contributed by atoms with E-state index in [4.69, 9.17) is 19.0 Å². The number of hydrogen-bond acceptors (Lipinski definition) is 7. The van der Waals surface area contributed by atoms with Gasteiger partial charge in [-0.3, -0.25) is 14.5 Å². The number of methoxy groups -OCH3 is 1. The zero-order chi connectivity index (χ0) is 28.9. The Labute approximate surface area is 242 Å². The first-order chi connectivity index (χ1) is 20.0. The number of carbonyl (C=O) groups excluding carboxylic acids is 2. The SMILES string of the molecule is CO[C@H](C)[C@H](NC(=O)c1ccc(C#C/C=C/c2ccc(CN3CCOCC3)cc2)cc1)C(=O)NOC1CCCCO1. The zero-order valence-corrected chi connectivity index (χ0v) is 23.8. The fourth-order valence-electron chi connectivity index (χ4n) is 4.47. The summed E-state index contributed by atoms with van der Waals surface area (Å²) in [6.07, 6.45) is 5.36. The topological polar surface area (TPSA) is 98.4 Å². The second-order valence-electron chi connectivity index (χ2n) is 10.1. The number of hydrogen-bond donors (Lipinski definition) is 2. The van der Waals surface area contributed by atoms with E-state index < -0.39 is 30.3 Å². The molecule has 2 fully saturated rings. The lowest BCUT2D eigenvalue weighted by molar-refractivity contribution is -0.202. The standard InChI is InChI=1S/C32H39N3O6/c1-24(38-2)30(32(37)34-41-29-9-5-6-20-40-29)33-31(36)28-16-14-26(15-17-28)8-4-3-7-25-10-12-27(13-11-25)23-35-18-21-39-22-19-35/h3,7,10-17,24,29-30H,5-6,9,18-23H2,1-2H3,(H,33,36)(H,34,37)/b7-3+/t24-,29?,30+/m1/s1. The molecule has 0 aliphatic carbocycles. The quantitative estimate of drug-likeness (QED) is 0.339. The molecule has 0 spiro atoms. The second kappa shape index (κ2) is 16.1. The molecule has 41 heavy (non-hydrogen) atoms. The van der Waals surface area contributed by atoms with Crippen molar-refractivity contribution in [3.63, 3.8) is 0 Å². The van der Waals surface area contributed by atoms with Crippen LogP contribution < -0.4 is 10.8 Å². The predicted octanol–water partition coefficient (Wildman–Crippen LogP) is 3.29. The molecule has 218 valence electrons. The summed E-state index contributed by atoms with van der Waals surface area (Å²) < 4.78 is 16.2. The Balaban J connectivity index is 1.27. The van der Waals surface area contributed by atoms with Crippen LogP contribution in [0.1, 0.15) is 53.2 Å². The van der Waals surface area contributed by atoms with Crippen LogP contribution in [0, 0.1) is 11.8 Å². The van der Waals surface area contributed by atoms with Gasteiger partial charge in [0.15, 0.2) is 6.29 Å². The lowest BCUT2D eigenvalue weighted by Crippen LogP contribution is -2.53. The van der Waals surface area contributed by atoms with Crippen molar-refractivity contribution in [1.82, 2.24) is 15.7 Å². The van der Waals surface area contributed by atoms with E-state index in [1.807, 2.05) is 12.2 Å². The molecule has 2 aliphatic rings. The average molecular weight is 562 g/mol. The van der Waals surface area contributed by atoms with E-state index in [0.29, 0.717) is 18.6 Å². The van der Waals surface area contributed by atoms with Crippen LogP contribution in [-0.2, 0) is 30.4 Å². The number of allylic oxidation sites excluding steroid dienone is 1. The lowest BCUT2D eigenvalue weighted by Gasteiger charge is -2.26. The maximum absolute atomic E-state index is 12.9. The fourth-order valence-corrected chi connectivity index (χ4v) is 4.47. The predicted molar refractivity (Wildman–Crippen MR) is 155 cm³/mol. The highest BCUT2D eigenvalue weighted by Gasteiger charge is 2.29. The molecular weight excluding hydrogens is 522 g/mol. The van der Waals surface area contributed by atoms with Gasteiger partial charge in [0, 0.05) is 50.9 Å². The molecule has 0 bridgehead atoms. The first kappa shape index (κ1) is 30.4. The van der Waals surface area contributed by atoms with Gasteiger partial charge in [-0.2, -0.15) is 0 Å². The van der Waals surface area contributed by atoms with Crippen molar-refractivity contribution < 1.29 is 28.6 Å². The van der Waals surface area contributed by atoms with Gasteiger partial charge in [-0.1, -0.05) is 36.1 Å². The third-order valence-corrected chi connectivity index (χ3v) is 7.05. The highest BCUT2D eigenvalue weighted by Crippen LogP contribution is 2.13. The number of nitrogens with one attached hydrogen (secondary N) is 2. The van der Waals surface area contributed by atoms with E-state index in [2.05, 4.69) is 51.8 Å². The van der Waals surface area contributed by atoms with Gasteiger partial charge in [0.25, 0.3) is 11.8 Å². The molecule has 9 heteroatoms. The molecule has 2 N–H and O–H groups in total. The Hall–Kier alpha value is -3.52. The smallest absolute Gasteiger partial charge is 0.268 e. The molecular formula is C32H39N3O6. The number of morpholine rings is 1. The first-order valence-electron chi connectivity index (χ1n) is 14.1. The van der Waals surface area contributed by atoms with Gasteiger partial charge in [-0.15, -0.1) is 0 Å². The third-order valence-electron chi connectivity index (χ3n) is 7.05. The summed E-state index contributed by atoms with van der Waals surface area (Å²) >= 11 is 0. The van der Waals surface area contributed by atoms with Crippen LogP contribution in [0.4, 0.5) is 0 Å². The summed E-state index contributed by atoms with van der Waals surface area (Å²) in [7, 11) is 1.48. The maximum Gasteiger partial charge on any atom is 0.268 e. The van der Waals surface area contributed by atoms with Gasteiger partial charge in [-0.05, 0) is 67.3 Å². The molecule has 2 aromatic carbocycles. The minimum absolute atomic E-state index is 0.403. The number of nitrogens with zero attached hydrogens (tertiary/aromatic N) is 1. The monoisotopic (exact) mass is 561 g/mol. The van der Waals surface area contributed by atoms with Crippen LogP contribution in [0.5, 0.6) is 0 Å². The van der Waals surface area contributed by atoms with Crippen molar-refractivity contribution in [3.05, 3.63) is 76.9 Å². The number of ether oxygens (including phenoxy) is 3. The summed E-state index contributed by atoms with van der Waals surface area (Å²) in [6.45, 7) is 6.77. The molecule has 0 saturated carbocycles. The average Bonchev–Trinajstić information content (AvgIpc) is 3.02. The molecule has 9 nitrogen and oxygen atoms in total. The Morgan fingerprint density at radius 2 is 1.83 bits per heavy atom.